The van der Waals surface area contributed by atoms with Crippen LogP contribution in [0.15, 0.2) is 33.9 Å². The van der Waals surface area contributed by atoms with Crippen LogP contribution in [0.1, 0.15) is 24.0 Å². The number of halogens is 3. The molecular formula is C13H9F3N4O3. The summed E-state index contributed by atoms with van der Waals surface area (Å²) in [5.74, 6) is -2.24. The Hall–Kier alpha value is -2.91. The van der Waals surface area contributed by atoms with Crippen LogP contribution in [-0.2, 0) is 15.8 Å². The fourth-order valence-corrected chi connectivity index (χ4v) is 2.00. The first-order valence-electron chi connectivity index (χ1n) is 6.38. The van der Waals surface area contributed by atoms with Crippen molar-refractivity contribution < 1.29 is 27.3 Å². The number of rotatable bonds is 3. The molecule has 23 heavy (non-hydrogen) atoms. The molecule has 0 radical (unpaired) electrons. The molecule has 2 heterocycles. The molecule has 0 aliphatic carbocycles. The highest BCUT2D eigenvalue weighted by Crippen LogP contribution is 2.31. The minimum atomic E-state index is -4.69. The normalized spacial score (nSPS) is 17.7. The molecule has 10 heteroatoms. The summed E-state index contributed by atoms with van der Waals surface area (Å²) in [6.45, 7) is 0. The SMILES string of the molecule is NC(=O)C1=NOC(c2ccc(-c3noc(C(F)(F)F)n3)cc2)C1. The van der Waals surface area contributed by atoms with E-state index in [1.807, 2.05) is 0 Å². The highest BCUT2D eigenvalue weighted by Gasteiger charge is 2.38. The Morgan fingerprint density at radius 2 is 1.96 bits per heavy atom. The first kappa shape index (κ1) is 15.0. The summed E-state index contributed by atoms with van der Waals surface area (Å²) in [5.41, 5.74) is 6.28. The third-order valence-corrected chi connectivity index (χ3v) is 3.16. The topological polar surface area (TPSA) is 104 Å². The molecule has 7 nitrogen and oxygen atoms in total. The second kappa shape index (κ2) is 5.38. The third-order valence-electron chi connectivity index (χ3n) is 3.16. The number of benzene rings is 1. The van der Waals surface area contributed by atoms with Crippen LogP contribution in [0.2, 0.25) is 0 Å². The summed E-state index contributed by atoms with van der Waals surface area (Å²) >= 11 is 0. The van der Waals surface area contributed by atoms with E-state index in [1.165, 1.54) is 12.1 Å². The summed E-state index contributed by atoms with van der Waals surface area (Å²) in [5, 5.41) is 6.88. The first-order valence-corrected chi connectivity index (χ1v) is 6.38. The van der Waals surface area contributed by atoms with Gasteiger partial charge in [-0.15, -0.1) is 0 Å². The maximum Gasteiger partial charge on any atom is 0.471 e. The average molecular weight is 326 g/mol. The van der Waals surface area contributed by atoms with E-state index in [2.05, 4.69) is 19.8 Å². The van der Waals surface area contributed by atoms with Gasteiger partial charge in [0.05, 0.1) is 0 Å². The van der Waals surface area contributed by atoms with Gasteiger partial charge < -0.3 is 15.1 Å². The van der Waals surface area contributed by atoms with Crippen molar-refractivity contribution in [3.8, 4) is 11.4 Å². The number of nitrogens with zero attached hydrogens (tertiary/aromatic N) is 3. The van der Waals surface area contributed by atoms with E-state index in [1.54, 1.807) is 12.1 Å². The maximum absolute atomic E-state index is 12.4. The molecule has 3 rings (SSSR count). The largest absolute Gasteiger partial charge is 0.471 e. The van der Waals surface area contributed by atoms with Gasteiger partial charge in [-0.25, -0.2) is 0 Å². The van der Waals surface area contributed by atoms with Crippen molar-refractivity contribution in [3.63, 3.8) is 0 Å². The lowest BCUT2D eigenvalue weighted by Gasteiger charge is -2.08. The standard InChI is InChI=1S/C13H9F3N4O3/c14-13(15,16)12-18-11(20-23-12)7-3-1-6(2-4-7)9-5-8(10(17)21)19-22-9/h1-4,9H,5H2,(H2,17,21). The number of alkyl halides is 3. The summed E-state index contributed by atoms with van der Waals surface area (Å²) in [6, 6.07) is 6.27. The zero-order chi connectivity index (χ0) is 16.6. The zero-order valence-electron chi connectivity index (χ0n) is 11.4. The van der Waals surface area contributed by atoms with E-state index in [-0.39, 0.29) is 18.0 Å². The van der Waals surface area contributed by atoms with Crippen LogP contribution in [-0.4, -0.2) is 21.8 Å². The van der Waals surface area contributed by atoms with Gasteiger partial charge in [0.1, 0.15) is 5.71 Å². The molecule has 1 aromatic heterocycles. The van der Waals surface area contributed by atoms with Gasteiger partial charge in [-0.1, -0.05) is 34.6 Å². The Labute approximate surface area is 126 Å². The highest BCUT2D eigenvalue weighted by molar-refractivity contribution is 6.38. The smallest absolute Gasteiger partial charge is 0.387 e. The number of primary amides is 1. The fraction of sp³-hybridized carbons (Fsp3) is 0.231. The Morgan fingerprint density at radius 1 is 1.26 bits per heavy atom. The second-order valence-corrected chi connectivity index (χ2v) is 4.74. The Bertz CT molecular complexity index is 768. The number of hydrogen-bond acceptors (Lipinski definition) is 6. The quantitative estimate of drug-likeness (QED) is 0.930. The summed E-state index contributed by atoms with van der Waals surface area (Å²) < 4.78 is 41.4. The molecule has 1 aliphatic rings. The zero-order valence-corrected chi connectivity index (χ0v) is 11.4. The van der Waals surface area contributed by atoms with Crippen molar-refractivity contribution in [1.29, 1.82) is 0 Å². The van der Waals surface area contributed by atoms with Crippen molar-refractivity contribution in [2.45, 2.75) is 18.7 Å². The molecule has 2 aromatic rings. The number of nitrogens with two attached hydrogens (primary N) is 1. The Kier molecular flexibility index (Phi) is 3.51. The lowest BCUT2D eigenvalue weighted by atomic mass is 10.0. The molecule has 2 N–H and O–H groups in total. The van der Waals surface area contributed by atoms with Gasteiger partial charge in [-0.05, 0) is 5.56 Å². The van der Waals surface area contributed by atoms with Gasteiger partial charge in [-0.3, -0.25) is 4.79 Å². The van der Waals surface area contributed by atoms with E-state index < -0.39 is 24.1 Å². The molecule has 1 amide bonds. The van der Waals surface area contributed by atoms with Crippen LogP contribution in [0.3, 0.4) is 0 Å². The predicted molar refractivity (Wildman–Crippen MR) is 69.8 cm³/mol. The van der Waals surface area contributed by atoms with Crippen molar-refractivity contribution >= 4 is 11.6 Å². The van der Waals surface area contributed by atoms with Crippen LogP contribution >= 0.6 is 0 Å². The van der Waals surface area contributed by atoms with E-state index in [0.29, 0.717) is 11.1 Å². The molecule has 1 aliphatic heterocycles. The minimum absolute atomic E-state index is 0.132. The number of hydrogen-bond donors (Lipinski definition) is 1. The average Bonchev–Trinajstić information content (AvgIpc) is 3.16. The van der Waals surface area contributed by atoms with E-state index in [0.717, 1.165) is 0 Å². The van der Waals surface area contributed by atoms with Crippen molar-refractivity contribution in [2.75, 3.05) is 0 Å². The van der Waals surface area contributed by atoms with Crippen molar-refractivity contribution in [2.24, 2.45) is 10.9 Å². The predicted octanol–water partition coefficient (Wildman–Crippen LogP) is 2.06. The Balaban J connectivity index is 1.76. The molecule has 0 fully saturated rings. The monoisotopic (exact) mass is 326 g/mol. The van der Waals surface area contributed by atoms with Gasteiger partial charge in [0.25, 0.3) is 5.91 Å². The second-order valence-electron chi connectivity index (χ2n) is 4.74. The van der Waals surface area contributed by atoms with Crippen LogP contribution in [0.5, 0.6) is 0 Å². The van der Waals surface area contributed by atoms with Gasteiger partial charge in [0, 0.05) is 12.0 Å². The molecule has 1 atom stereocenters. The van der Waals surface area contributed by atoms with Gasteiger partial charge in [0.15, 0.2) is 6.10 Å². The maximum atomic E-state index is 12.4. The molecule has 120 valence electrons. The lowest BCUT2D eigenvalue weighted by molar-refractivity contribution is -0.159. The number of oxime groups is 1. The van der Waals surface area contributed by atoms with E-state index in [9.17, 15) is 18.0 Å². The van der Waals surface area contributed by atoms with Crippen LogP contribution in [0.25, 0.3) is 11.4 Å². The van der Waals surface area contributed by atoms with Gasteiger partial charge >= 0.3 is 12.1 Å². The molecule has 0 saturated heterocycles. The first-order chi connectivity index (χ1) is 10.8. The van der Waals surface area contributed by atoms with Crippen LogP contribution < -0.4 is 5.73 Å². The minimum Gasteiger partial charge on any atom is -0.387 e. The molecular weight excluding hydrogens is 317 g/mol. The Morgan fingerprint density at radius 3 is 2.48 bits per heavy atom. The number of aromatic nitrogens is 2. The molecule has 0 bridgehead atoms. The van der Waals surface area contributed by atoms with Crippen LogP contribution in [0, 0.1) is 0 Å². The van der Waals surface area contributed by atoms with E-state index >= 15 is 0 Å². The molecule has 1 aromatic carbocycles. The summed E-state index contributed by atoms with van der Waals surface area (Å²) in [4.78, 5) is 19.4. The van der Waals surface area contributed by atoms with E-state index in [4.69, 9.17) is 10.6 Å². The van der Waals surface area contributed by atoms with Gasteiger partial charge in [-0.2, -0.15) is 18.2 Å². The van der Waals surface area contributed by atoms with Crippen molar-refractivity contribution in [3.05, 3.63) is 35.7 Å². The fourth-order valence-electron chi connectivity index (χ4n) is 2.00. The lowest BCUT2D eigenvalue weighted by Crippen LogP contribution is -2.21. The highest BCUT2D eigenvalue weighted by atomic mass is 19.4. The summed E-state index contributed by atoms with van der Waals surface area (Å²) in [6.07, 6.45) is -4.93. The van der Waals surface area contributed by atoms with Crippen molar-refractivity contribution in [1.82, 2.24) is 10.1 Å². The number of carbonyl (C=O) groups excluding carboxylic acids is 1. The number of carbonyl (C=O) groups is 1. The summed E-state index contributed by atoms with van der Waals surface area (Å²) in [7, 11) is 0. The van der Waals surface area contributed by atoms with Crippen LogP contribution in [0.4, 0.5) is 13.2 Å². The molecule has 1 unspecified atom stereocenters. The third kappa shape index (κ3) is 3.00. The van der Waals surface area contributed by atoms with Gasteiger partial charge in [0.2, 0.25) is 5.82 Å². The molecule has 0 saturated carbocycles. The number of amides is 1. The molecule has 0 spiro atoms.